The summed E-state index contributed by atoms with van der Waals surface area (Å²) in [6.07, 6.45) is 1.70. The fourth-order valence-corrected chi connectivity index (χ4v) is 2.31. The van der Waals surface area contributed by atoms with E-state index >= 15 is 0 Å². The number of ether oxygens (including phenoxy) is 1. The number of rotatable bonds is 6. The maximum absolute atomic E-state index is 13.6. The molecule has 2 aromatic rings. The number of esters is 1. The van der Waals surface area contributed by atoms with E-state index in [0.29, 0.717) is 23.3 Å². The Morgan fingerprint density at radius 1 is 1.11 bits per heavy atom. The molecule has 144 valence electrons. The minimum atomic E-state index is -1.29. The molecule has 7 heteroatoms. The highest BCUT2D eigenvalue weighted by molar-refractivity contribution is 5.92. The van der Waals surface area contributed by atoms with Crippen LogP contribution in [0.25, 0.3) is 0 Å². The average molecular weight is 378 g/mol. The lowest BCUT2D eigenvalue weighted by molar-refractivity contribution is 0.0467. The molecule has 27 heavy (non-hydrogen) atoms. The van der Waals surface area contributed by atoms with Gasteiger partial charge in [-0.25, -0.2) is 23.0 Å². The zero-order valence-electron chi connectivity index (χ0n) is 15.6. The summed E-state index contributed by atoms with van der Waals surface area (Å²) in [4.78, 5) is 18.6. The Morgan fingerprint density at radius 2 is 1.78 bits per heavy atom. The number of hydrogen-bond acceptors (Lipinski definition) is 3. The third kappa shape index (κ3) is 4.87. The third-order valence-electron chi connectivity index (χ3n) is 4.32. The average Bonchev–Trinajstić information content (AvgIpc) is 2.64. The van der Waals surface area contributed by atoms with Gasteiger partial charge in [-0.2, -0.15) is 0 Å². The van der Waals surface area contributed by atoms with Crippen LogP contribution in [0.2, 0.25) is 0 Å². The van der Waals surface area contributed by atoms with Gasteiger partial charge in [0.05, 0.1) is 17.6 Å². The van der Waals surface area contributed by atoms with Crippen molar-refractivity contribution < 1.29 is 22.7 Å². The van der Waals surface area contributed by atoms with Gasteiger partial charge >= 0.3 is 5.97 Å². The minimum absolute atomic E-state index is 0.236. The van der Waals surface area contributed by atoms with Crippen molar-refractivity contribution in [2.24, 2.45) is 4.99 Å². The second kappa shape index (κ2) is 8.70. The molecular formula is C20H21F3N2O2. The van der Waals surface area contributed by atoms with Crippen LogP contribution in [-0.2, 0) is 11.3 Å². The normalized spacial score (nSPS) is 11.1. The van der Waals surface area contributed by atoms with Gasteiger partial charge in [-0.1, -0.05) is 0 Å². The van der Waals surface area contributed by atoms with Crippen LogP contribution in [0.1, 0.15) is 34.0 Å². The highest BCUT2D eigenvalue weighted by Gasteiger charge is 2.16. The zero-order chi connectivity index (χ0) is 20.1. The van der Waals surface area contributed by atoms with Gasteiger partial charge in [0.15, 0.2) is 11.6 Å². The minimum Gasteiger partial charge on any atom is -0.457 e. The topological polar surface area (TPSA) is 41.9 Å². The van der Waals surface area contributed by atoms with E-state index in [1.807, 2.05) is 25.8 Å². The number of benzene rings is 2. The van der Waals surface area contributed by atoms with E-state index in [1.54, 1.807) is 25.4 Å². The van der Waals surface area contributed by atoms with Gasteiger partial charge in [0.25, 0.3) is 0 Å². The first kappa shape index (κ1) is 20.5. The lowest BCUT2D eigenvalue weighted by atomic mass is 10.0. The molecule has 0 spiro atoms. The van der Waals surface area contributed by atoms with E-state index in [9.17, 15) is 18.0 Å². The molecule has 2 rings (SSSR count). The largest absolute Gasteiger partial charge is 0.457 e. The van der Waals surface area contributed by atoms with Crippen LogP contribution >= 0.6 is 0 Å². The fraction of sp³-hybridized carbons (Fsp3) is 0.300. The van der Waals surface area contributed by atoms with Crippen molar-refractivity contribution in [3.8, 4) is 0 Å². The highest BCUT2D eigenvalue weighted by Crippen LogP contribution is 2.25. The number of carbonyl (C=O) groups excluding carboxylic acids is 1. The Kier molecular flexibility index (Phi) is 6.60. The Bertz CT molecular complexity index is 882. The van der Waals surface area contributed by atoms with Crippen LogP contribution in [0.15, 0.2) is 29.3 Å². The molecule has 0 aliphatic heterocycles. The molecule has 2 aromatic carbocycles. The summed E-state index contributed by atoms with van der Waals surface area (Å²) in [7, 11) is 1.90. The van der Waals surface area contributed by atoms with Gasteiger partial charge in [0.1, 0.15) is 12.4 Å². The Hall–Kier alpha value is -2.83. The SMILES string of the molecule is CCN(C)/C=N/c1ccc(C(=O)OCc2cc(F)c(F)cc2F)c(C)c1C. The predicted molar refractivity (Wildman–Crippen MR) is 97.8 cm³/mol. The van der Waals surface area contributed by atoms with E-state index in [0.717, 1.165) is 17.8 Å². The lowest BCUT2D eigenvalue weighted by Gasteiger charge is -2.13. The van der Waals surface area contributed by atoms with Crippen molar-refractivity contribution in [1.29, 1.82) is 0 Å². The number of carbonyl (C=O) groups is 1. The number of halogens is 3. The molecule has 0 aliphatic rings. The molecular weight excluding hydrogens is 357 g/mol. The first-order chi connectivity index (χ1) is 12.7. The van der Waals surface area contributed by atoms with E-state index in [2.05, 4.69) is 4.99 Å². The molecule has 0 radical (unpaired) electrons. The standard InChI is InChI=1S/C20H21F3N2O2/c1-5-25(4)11-24-19-7-6-15(12(2)13(19)3)20(26)27-10-14-8-17(22)18(23)9-16(14)21/h6-9,11H,5,10H2,1-4H3/b24-11+. The van der Waals surface area contributed by atoms with Crippen LogP contribution < -0.4 is 0 Å². The van der Waals surface area contributed by atoms with Gasteiger partial charge < -0.3 is 9.64 Å². The molecule has 0 unspecified atom stereocenters. The lowest BCUT2D eigenvalue weighted by Crippen LogP contribution is -2.14. The highest BCUT2D eigenvalue weighted by atomic mass is 19.2. The predicted octanol–water partition coefficient (Wildman–Crippen LogP) is 4.69. The Morgan fingerprint density at radius 3 is 2.44 bits per heavy atom. The molecule has 0 aromatic heterocycles. The van der Waals surface area contributed by atoms with Crippen molar-refractivity contribution >= 4 is 18.0 Å². The summed E-state index contributed by atoms with van der Waals surface area (Å²) >= 11 is 0. The van der Waals surface area contributed by atoms with E-state index in [4.69, 9.17) is 4.74 Å². The maximum Gasteiger partial charge on any atom is 0.338 e. The molecule has 4 nitrogen and oxygen atoms in total. The molecule has 0 saturated heterocycles. The van der Waals surface area contributed by atoms with Gasteiger partial charge in [0.2, 0.25) is 0 Å². The van der Waals surface area contributed by atoms with Crippen LogP contribution in [-0.4, -0.2) is 30.8 Å². The maximum atomic E-state index is 13.6. The number of hydrogen-bond donors (Lipinski definition) is 0. The van der Waals surface area contributed by atoms with E-state index in [1.165, 1.54) is 0 Å². The van der Waals surface area contributed by atoms with Crippen molar-refractivity contribution in [2.45, 2.75) is 27.4 Å². The first-order valence-electron chi connectivity index (χ1n) is 8.39. The van der Waals surface area contributed by atoms with Crippen LogP contribution in [0.3, 0.4) is 0 Å². The summed E-state index contributed by atoms with van der Waals surface area (Å²) in [6, 6.07) is 4.37. The van der Waals surface area contributed by atoms with Crippen molar-refractivity contribution in [2.75, 3.05) is 13.6 Å². The van der Waals surface area contributed by atoms with Crippen LogP contribution in [0.5, 0.6) is 0 Å². The molecule has 0 atom stereocenters. The van der Waals surface area contributed by atoms with Crippen molar-refractivity contribution in [3.63, 3.8) is 0 Å². The first-order valence-corrected chi connectivity index (χ1v) is 8.39. The molecule has 0 heterocycles. The van der Waals surface area contributed by atoms with Crippen molar-refractivity contribution in [1.82, 2.24) is 4.90 Å². The van der Waals surface area contributed by atoms with Crippen molar-refractivity contribution in [3.05, 3.63) is 64.0 Å². The van der Waals surface area contributed by atoms with Crippen LogP contribution in [0.4, 0.5) is 18.9 Å². The van der Waals surface area contributed by atoms with E-state index < -0.39 is 30.0 Å². The van der Waals surface area contributed by atoms with Gasteiger partial charge in [-0.05, 0) is 50.1 Å². The summed E-state index contributed by atoms with van der Waals surface area (Å²) in [5, 5.41) is 0. The van der Waals surface area contributed by atoms with Gasteiger partial charge in [-0.3, -0.25) is 0 Å². The van der Waals surface area contributed by atoms with Gasteiger partial charge in [-0.15, -0.1) is 0 Å². The number of nitrogens with zero attached hydrogens (tertiary/aromatic N) is 2. The quantitative estimate of drug-likeness (QED) is 0.317. The zero-order valence-corrected chi connectivity index (χ0v) is 15.6. The molecule has 0 N–H and O–H groups in total. The van der Waals surface area contributed by atoms with E-state index in [-0.39, 0.29) is 5.56 Å². The Balaban J connectivity index is 2.16. The molecule has 0 bridgehead atoms. The molecule has 0 aliphatic carbocycles. The fourth-order valence-electron chi connectivity index (χ4n) is 2.31. The second-order valence-corrected chi connectivity index (χ2v) is 6.13. The third-order valence-corrected chi connectivity index (χ3v) is 4.32. The van der Waals surface area contributed by atoms with Gasteiger partial charge in [0, 0.05) is 25.2 Å². The van der Waals surface area contributed by atoms with Crippen LogP contribution in [0, 0.1) is 31.3 Å². The summed E-state index contributed by atoms with van der Waals surface area (Å²) in [5.41, 5.74) is 2.28. The summed E-state index contributed by atoms with van der Waals surface area (Å²) in [6.45, 7) is 5.90. The monoisotopic (exact) mass is 378 g/mol. The molecule has 0 saturated carbocycles. The Labute approximate surface area is 156 Å². The summed E-state index contributed by atoms with van der Waals surface area (Å²) in [5.74, 6) is -4.15. The summed E-state index contributed by atoms with van der Waals surface area (Å²) < 4.78 is 44.9. The molecule has 0 amide bonds. The smallest absolute Gasteiger partial charge is 0.338 e. The second-order valence-electron chi connectivity index (χ2n) is 6.13. The molecule has 0 fully saturated rings. The number of aliphatic imine (C=N–C) groups is 1.